The van der Waals surface area contributed by atoms with Gasteiger partial charge in [0.15, 0.2) is 18.5 Å². The molecule has 8 nitrogen and oxygen atoms in total. The number of aryl methyl sites for hydroxylation is 1. The molecule has 3 aromatic carbocycles. The van der Waals surface area contributed by atoms with Crippen LogP contribution >= 0.6 is 0 Å². The van der Waals surface area contributed by atoms with Gasteiger partial charge in [-0.05, 0) is 34.5 Å². The molecule has 1 aliphatic rings. The molecule has 0 amide bonds. The molecule has 41 heavy (non-hydrogen) atoms. The summed E-state index contributed by atoms with van der Waals surface area (Å²) in [7, 11) is -3.03. The van der Waals surface area contributed by atoms with Crippen molar-refractivity contribution >= 4 is 30.6 Å². The van der Waals surface area contributed by atoms with Gasteiger partial charge in [0.05, 0.1) is 12.2 Å². The van der Waals surface area contributed by atoms with Crippen LogP contribution < -0.4 is 10.4 Å². The average molecular weight is 579 g/mol. The zero-order chi connectivity index (χ0) is 29.8. The van der Waals surface area contributed by atoms with E-state index in [4.69, 9.17) is 18.6 Å². The third-order valence-corrected chi connectivity index (χ3v) is 12.4. The molecule has 0 bridgehead atoms. The average Bonchev–Trinajstić information content (AvgIpc) is 2.94. The van der Waals surface area contributed by atoms with Gasteiger partial charge in [-0.3, -0.25) is 4.79 Å². The van der Waals surface area contributed by atoms with E-state index >= 15 is 0 Å². The zero-order valence-electron chi connectivity index (χ0n) is 24.0. The molecule has 4 rings (SSSR count). The van der Waals surface area contributed by atoms with E-state index < -0.39 is 51.0 Å². The Kier molecular flexibility index (Phi) is 9.46. The Morgan fingerprint density at radius 1 is 0.829 bits per heavy atom. The summed E-state index contributed by atoms with van der Waals surface area (Å²) in [5.74, 6) is -1.41. The molecule has 0 saturated carbocycles. The van der Waals surface area contributed by atoms with E-state index in [2.05, 4.69) is 20.8 Å². The van der Waals surface area contributed by atoms with E-state index in [0.717, 1.165) is 22.9 Å². The van der Waals surface area contributed by atoms with Crippen molar-refractivity contribution in [1.29, 1.82) is 0 Å². The SMILES string of the molecule is CC(=O)O[C@@H]1[C@@H](O)[C@@H](OC(=O)c2ccc(C)cc2)[C@@H](CO[Si](c2ccccc2)(c2ccccc2)C(C)(C)C)O[C@H]1O. The smallest absolute Gasteiger partial charge is 0.338 e. The molecule has 1 heterocycles. The first-order valence-corrected chi connectivity index (χ1v) is 15.6. The van der Waals surface area contributed by atoms with E-state index in [-0.39, 0.29) is 17.2 Å². The molecule has 0 aromatic heterocycles. The molecule has 0 spiro atoms. The van der Waals surface area contributed by atoms with Gasteiger partial charge in [-0.25, -0.2) is 4.79 Å². The number of aliphatic hydroxyl groups is 2. The topological polar surface area (TPSA) is 112 Å². The minimum absolute atomic E-state index is 0.111. The van der Waals surface area contributed by atoms with E-state index in [1.54, 1.807) is 24.3 Å². The maximum absolute atomic E-state index is 13.1. The minimum atomic E-state index is -3.03. The van der Waals surface area contributed by atoms with Crippen LogP contribution in [0.2, 0.25) is 5.04 Å². The third-order valence-electron chi connectivity index (χ3n) is 7.35. The highest BCUT2D eigenvalue weighted by molar-refractivity contribution is 6.99. The van der Waals surface area contributed by atoms with Crippen LogP contribution in [-0.4, -0.2) is 67.8 Å². The van der Waals surface area contributed by atoms with Crippen molar-refractivity contribution in [1.82, 2.24) is 0 Å². The molecule has 0 radical (unpaired) electrons. The molecule has 0 aliphatic carbocycles. The molecule has 1 saturated heterocycles. The highest BCUT2D eigenvalue weighted by atomic mass is 28.4. The Morgan fingerprint density at radius 2 is 1.37 bits per heavy atom. The Bertz CT molecular complexity index is 1270. The molecular weight excluding hydrogens is 540 g/mol. The fraction of sp³-hybridized carbons (Fsp3) is 0.375. The first kappa shape index (κ1) is 30.6. The Balaban J connectivity index is 1.71. The Labute approximate surface area is 242 Å². The maximum atomic E-state index is 13.1. The Hall–Kier alpha value is -3.34. The summed E-state index contributed by atoms with van der Waals surface area (Å²) in [4.78, 5) is 24.9. The molecule has 5 atom stereocenters. The van der Waals surface area contributed by atoms with E-state index in [1.807, 2.05) is 67.6 Å². The number of ether oxygens (including phenoxy) is 3. The molecule has 218 valence electrons. The van der Waals surface area contributed by atoms with Crippen molar-refractivity contribution in [2.24, 2.45) is 0 Å². The number of aliphatic hydroxyl groups excluding tert-OH is 2. The van der Waals surface area contributed by atoms with Gasteiger partial charge < -0.3 is 28.8 Å². The lowest BCUT2D eigenvalue weighted by Gasteiger charge is -2.46. The van der Waals surface area contributed by atoms with Crippen molar-refractivity contribution in [3.05, 3.63) is 96.1 Å². The van der Waals surface area contributed by atoms with Gasteiger partial charge in [-0.1, -0.05) is 99.1 Å². The molecule has 9 heteroatoms. The first-order valence-electron chi connectivity index (χ1n) is 13.7. The van der Waals surface area contributed by atoms with Crippen molar-refractivity contribution in [2.75, 3.05) is 6.61 Å². The number of hydrogen-bond donors (Lipinski definition) is 2. The van der Waals surface area contributed by atoms with Crippen molar-refractivity contribution in [2.45, 2.75) is 70.4 Å². The summed E-state index contributed by atoms with van der Waals surface area (Å²) in [5.41, 5.74) is 1.25. The quantitative estimate of drug-likeness (QED) is 0.310. The first-order chi connectivity index (χ1) is 19.4. The summed E-state index contributed by atoms with van der Waals surface area (Å²) in [6.45, 7) is 9.31. The molecule has 0 unspecified atom stereocenters. The van der Waals surface area contributed by atoms with E-state index in [9.17, 15) is 19.8 Å². The molecule has 1 aliphatic heterocycles. The summed E-state index contributed by atoms with van der Waals surface area (Å²) >= 11 is 0. The van der Waals surface area contributed by atoms with Gasteiger partial charge in [0.1, 0.15) is 12.2 Å². The van der Waals surface area contributed by atoms with Crippen LogP contribution in [0.3, 0.4) is 0 Å². The van der Waals surface area contributed by atoms with Gasteiger partial charge in [0, 0.05) is 6.92 Å². The van der Waals surface area contributed by atoms with Crippen molar-refractivity contribution < 1.29 is 38.4 Å². The lowest BCUT2D eigenvalue weighted by molar-refractivity contribution is -0.288. The monoisotopic (exact) mass is 578 g/mol. The highest BCUT2D eigenvalue weighted by Gasteiger charge is 2.53. The largest absolute Gasteiger partial charge is 0.454 e. The molecule has 1 fully saturated rings. The van der Waals surface area contributed by atoms with E-state index in [1.165, 1.54) is 0 Å². The number of carbonyl (C=O) groups is 2. The number of esters is 2. The second kappa shape index (κ2) is 12.7. The van der Waals surface area contributed by atoms with Crippen LogP contribution in [0.25, 0.3) is 0 Å². The second-order valence-electron chi connectivity index (χ2n) is 11.3. The highest BCUT2D eigenvalue weighted by Crippen LogP contribution is 2.37. The predicted octanol–water partition coefficient (Wildman–Crippen LogP) is 3.11. The fourth-order valence-corrected chi connectivity index (χ4v) is 9.93. The number of benzene rings is 3. The fourth-order valence-electron chi connectivity index (χ4n) is 5.36. The summed E-state index contributed by atoms with van der Waals surface area (Å²) in [5, 5.41) is 23.7. The summed E-state index contributed by atoms with van der Waals surface area (Å²) in [6, 6.07) is 26.7. The maximum Gasteiger partial charge on any atom is 0.338 e. The van der Waals surface area contributed by atoms with E-state index in [0.29, 0.717) is 0 Å². The molecule has 3 aromatic rings. The van der Waals surface area contributed by atoms with Crippen LogP contribution in [0.15, 0.2) is 84.9 Å². The van der Waals surface area contributed by atoms with Gasteiger partial charge in [0.25, 0.3) is 8.32 Å². The minimum Gasteiger partial charge on any atom is -0.454 e. The number of carbonyl (C=O) groups excluding carboxylic acids is 2. The van der Waals surface area contributed by atoms with Crippen LogP contribution in [0.4, 0.5) is 0 Å². The number of hydrogen-bond acceptors (Lipinski definition) is 8. The van der Waals surface area contributed by atoms with Crippen LogP contribution in [0.1, 0.15) is 43.6 Å². The van der Waals surface area contributed by atoms with Gasteiger partial charge in [0.2, 0.25) is 0 Å². The van der Waals surface area contributed by atoms with Crippen molar-refractivity contribution in [3.8, 4) is 0 Å². The normalized spacial score (nSPS) is 23.0. The second-order valence-corrected chi connectivity index (χ2v) is 15.6. The molecule has 2 N–H and O–H groups in total. The molecular formula is C32H38O8Si. The lowest BCUT2D eigenvalue weighted by Crippen LogP contribution is -2.68. The number of rotatable bonds is 8. The third kappa shape index (κ3) is 6.60. The zero-order valence-corrected chi connectivity index (χ0v) is 25.0. The summed E-state index contributed by atoms with van der Waals surface area (Å²) in [6.07, 6.45) is -7.04. The Morgan fingerprint density at radius 3 is 1.85 bits per heavy atom. The predicted molar refractivity (Wildman–Crippen MR) is 156 cm³/mol. The van der Waals surface area contributed by atoms with Gasteiger partial charge >= 0.3 is 11.9 Å². The lowest BCUT2D eigenvalue weighted by atomic mass is 9.98. The van der Waals surface area contributed by atoms with Gasteiger partial charge in [-0.15, -0.1) is 0 Å². The summed E-state index contributed by atoms with van der Waals surface area (Å²) < 4.78 is 23.7. The van der Waals surface area contributed by atoms with Crippen LogP contribution in [0, 0.1) is 6.92 Å². The van der Waals surface area contributed by atoms with Crippen LogP contribution in [-0.2, 0) is 23.4 Å². The van der Waals surface area contributed by atoms with Crippen LogP contribution in [0.5, 0.6) is 0 Å². The van der Waals surface area contributed by atoms with Gasteiger partial charge in [-0.2, -0.15) is 0 Å². The van der Waals surface area contributed by atoms with Crippen molar-refractivity contribution in [3.63, 3.8) is 0 Å². The standard InChI is InChI=1S/C32H38O8Si/c1-21-16-18-23(19-17-21)30(35)40-28-26(39-31(36)29(27(28)34)38-22(2)33)20-37-41(32(3,4)5,24-12-8-6-9-13-24)25-14-10-7-11-15-25/h6-19,26-29,31,34,36H,20H2,1-5H3/t26-,27+,28+,29-,31-/m1/s1.